The fourth-order valence-electron chi connectivity index (χ4n) is 1.11. The maximum atomic E-state index is 11.7. The summed E-state index contributed by atoms with van der Waals surface area (Å²) in [5, 5.41) is 3.21. The zero-order chi connectivity index (χ0) is 10.7. The molecule has 0 radical (unpaired) electrons. The van der Waals surface area contributed by atoms with Crippen molar-refractivity contribution in [3.8, 4) is 0 Å². The van der Waals surface area contributed by atoms with E-state index in [4.69, 9.17) is 0 Å². The summed E-state index contributed by atoms with van der Waals surface area (Å²) in [4.78, 5) is 15.7. The van der Waals surface area contributed by atoms with Crippen LogP contribution in [0.1, 0.15) is 16.2 Å². The Morgan fingerprint density at radius 1 is 1.33 bits per heavy atom. The van der Waals surface area contributed by atoms with Crippen LogP contribution in [0.4, 0.5) is 5.13 Å². The highest BCUT2D eigenvalue weighted by atomic mass is 32.1. The largest absolute Gasteiger partial charge is 0.297 e. The number of aryl methyl sites for hydroxylation is 1. The molecule has 0 saturated carbocycles. The van der Waals surface area contributed by atoms with Crippen LogP contribution in [0.3, 0.4) is 0 Å². The number of carbonyl (C=O) groups excluding carboxylic acids is 1. The van der Waals surface area contributed by atoms with Crippen LogP contribution >= 0.6 is 11.5 Å². The van der Waals surface area contributed by atoms with Crippen LogP contribution in [0, 0.1) is 6.92 Å². The minimum absolute atomic E-state index is 0.160. The topological polar surface area (TPSA) is 54.9 Å². The maximum absolute atomic E-state index is 11.7. The Bertz CT molecular complexity index is 467. The fraction of sp³-hybridized carbons (Fsp3) is 0.100. The van der Waals surface area contributed by atoms with E-state index in [0.717, 1.165) is 0 Å². The number of hydrogen-bond acceptors (Lipinski definition) is 4. The van der Waals surface area contributed by atoms with E-state index in [2.05, 4.69) is 14.7 Å². The number of anilines is 1. The van der Waals surface area contributed by atoms with E-state index in [1.165, 1.54) is 11.5 Å². The molecule has 0 bridgehead atoms. The van der Waals surface area contributed by atoms with Gasteiger partial charge in [-0.25, -0.2) is 4.98 Å². The van der Waals surface area contributed by atoms with Gasteiger partial charge in [0.2, 0.25) is 5.13 Å². The number of hydrogen-bond donors (Lipinski definition) is 1. The molecule has 0 spiro atoms. The summed E-state index contributed by atoms with van der Waals surface area (Å²) in [7, 11) is 0. The predicted octanol–water partition coefficient (Wildman–Crippen LogP) is 2.10. The van der Waals surface area contributed by atoms with Crippen molar-refractivity contribution in [2.45, 2.75) is 6.92 Å². The highest BCUT2D eigenvalue weighted by molar-refractivity contribution is 7.09. The first kappa shape index (κ1) is 9.79. The lowest BCUT2D eigenvalue weighted by Crippen LogP contribution is -2.11. The molecule has 1 aromatic heterocycles. The van der Waals surface area contributed by atoms with Gasteiger partial charge in [0.25, 0.3) is 5.91 Å². The van der Waals surface area contributed by atoms with E-state index >= 15 is 0 Å². The van der Waals surface area contributed by atoms with Crippen molar-refractivity contribution >= 4 is 22.6 Å². The molecule has 76 valence electrons. The molecule has 0 unspecified atom stereocenters. The Hall–Kier alpha value is -1.75. The summed E-state index contributed by atoms with van der Waals surface area (Å²) in [6.07, 6.45) is 0. The molecule has 2 aromatic rings. The van der Waals surface area contributed by atoms with Gasteiger partial charge in [0.15, 0.2) is 0 Å². The summed E-state index contributed by atoms with van der Waals surface area (Å²) < 4.78 is 3.98. The first-order valence-corrected chi connectivity index (χ1v) is 5.20. The fourth-order valence-corrected chi connectivity index (χ4v) is 1.68. The van der Waals surface area contributed by atoms with Crippen LogP contribution in [0.5, 0.6) is 0 Å². The van der Waals surface area contributed by atoms with E-state index in [1.807, 2.05) is 18.2 Å². The Balaban J connectivity index is 2.11. The van der Waals surface area contributed by atoms with Crippen molar-refractivity contribution < 1.29 is 4.79 Å². The van der Waals surface area contributed by atoms with Gasteiger partial charge in [-0.1, -0.05) is 18.2 Å². The highest BCUT2D eigenvalue weighted by Gasteiger charge is 2.07. The molecular formula is C10H9N3OS. The monoisotopic (exact) mass is 219 g/mol. The number of amides is 1. The van der Waals surface area contributed by atoms with Crippen molar-refractivity contribution in [2.75, 3.05) is 5.32 Å². The normalized spacial score (nSPS) is 9.93. The summed E-state index contributed by atoms with van der Waals surface area (Å²) >= 11 is 1.18. The summed E-state index contributed by atoms with van der Waals surface area (Å²) in [6.45, 7) is 1.79. The van der Waals surface area contributed by atoms with Gasteiger partial charge in [-0.05, 0) is 19.1 Å². The quantitative estimate of drug-likeness (QED) is 0.841. The molecule has 0 saturated heterocycles. The summed E-state index contributed by atoms with van der Waals surface area (Å²) in [5.74, 6) is 0.509. The number of benzene rings is 1. The summed E-state index contributed by atoms with van der Waals surface area (Å²) in [5.41, 5.74) is 0.616. The molecule has 0 fully saturated rings. The Morgan fingerprint density at radius 2 is 2.07 bits per heavy atom. The van der Waals surface area contributed by atoms with Crippen molar-refractivity contribution in [1.29, 1.82) is 0 Å². The SMILES string of the molecule is Cc1nsc(NC(=O)c2ccccc2)n1. The van der Waals surface area contributed by atoms with Crippen LogP contribution in [-0.4, -0.2) is 15.3 Å². The second-order valence-electron chi connectivity index (χ2n) is 2.97. The van der Waals surface area contributed by atoms with Crippen molar-refractivity contribution in [3.05, 3.63) is 41.7 Å². The number of nitrogens with zero attached hydrogens (tertiary/aromatic N) is 2. The van der Waals surface area contributed by atoms with Gasteiger partial charge < -0.3 is 0 Å². The van der Waals surface area contributed by atoms with Crippen molar-refractivity contribution in [2.24, 2.45) is 0 Å². The second kappa shape index (κ2) is 4.18. The van der Waals surface area contributed by atoms with Crippen molar-refractivity contribution in [1.82, 2.24) is 9.36 Å². The third-order valence-corrected chi connectivity index (χ3v) is 2.51. The Kier molecular flexibility index (Phi) is 2.73. The van der Waals surface area contributed by atoms with Crippen molar-refractivity contribution in [3.63, 3.8) is 0 Å². The molecule has 0 aliphatic rings. The van der Waals surface area contributed by atoms with Crippen LogP contribution in [0.2, 0.25) is 0 Å². The van der Waals surface area contributed by atoms with E-state index < -0.39 is 0 Å². The number of rotatable bonds is 2. The molecule has 0 atom stereocenters. The molecular weight excluding hydrogens is 210 g/mol. The lowest BCUT2D eigenvalue weighted by atomic mass is 10.2. The van der Waals surface area contributed by atoms with Gasteiger partial charge in [-0.2, -0.15) is 4.37 Å². The van der Waals surface area contributed by atoms with Gasteiger partial charge in [0, 0.05) is 17.1 Å². The average Bonchev–Trinajstić information content (AvgIpc) is 2.65. The zero-order valence-corrected chi connectivity index (χ0v) is 8.91. The van der Waals surface area contributed by atoms with Gasteiger partial charge >= 0.3 is 0 Å². The third kappa shape index (κ3) is 2.38. The molecule has 2 rings (SSSR count). The number of carbonyl (C=O) groups is 1. The molecule has 1 heterocycles. The van der Waals surface area contributed by atoms with E-state index in [-0.39, 0.29) is 5.91 Å². The molecule has 0 aliphatic carbocycles. The average molecular weight is 219 g/mol. The summed E-state index contributed by atoms with van der Waals surface area (Å²) in [6, 6.07) is 9.01. The lowest BCUT2D eigenvalue weighted by Gasteiger charge is -1.99. The maximum Gasteiger partial charge on any atom is 0.257 e. The number of aromatic nitrogens is 2. The van der Waals surface area contributed by atoms with Gasteiger partial charge in [0.05, 0.1) is 0 Å². The number of nitrogens with one attached hydrogen (secondary N) is 1. The first-order chi connectivity index (χ1) is 7.25. The minimum atomic E-state index is -0.160. The third-order valence-electron chi connectivity index (χ3n) is 1.78. The predicted molar refractivity (Wildman–Crippen MR) is 59.0 cm³/mol. The van der Waals surface area contributed by atoms with Gasteiger partial charge in [0.1, 0.15) is 5.82 Å². The first-order valence-electron chi connectivity index (χ1n) is 4.42. The smallest absolute Gasteiger partial charge is 0.257 e. The van der Waals surface area contributed by atoms with Gasteiger partial charge in [-0.15, -0.1) is 0 Å². The van der Waals surface area contributed by atoms with Crippen LogP contribution < -0.4 is 5.32 Å². The minimum Gasteiger partial charge on any atom is -0.297 e. The molecule has 1 amide bonds. The van der Waals surface area contributed by atoms with E-state index in [1.54, 1.807) is 19.1 Å². The molecule has 0 aliphatic heterocycles. The molecule has 15 heavy (non-hydrogen) atoms. The lowest BCUT2D eigenvalue weighted by molar-refractivity contribution is 0.102. The van der Waals surface area contributed by atoms with Crippen LogP contribution in [0.25, 0.3) is 0 Å². The van der Waals surface area contributed by atoms with E-state index in [9.17, 15) is 4.79 Å². The van der Waals surface area contributed by atoms with Gasteiger partial charge in [-0.3, -0.25) is 10.1 Å². The van der Waals surface area contributed by atoms with Crippen LogP contribution in [-0.2, 0) is 0 Å². The highest BCUT2D eigenvalue weighted by Crippen LogP contribution is 2.11. The standard InChI is InChI=1S/C10H9N3OS/c1-7-11-10(15-13-7)12-9(14)8-5-3-2-4-6-8/h2-6H,1H3,(H,11,12,13,14). The molecule has 4 nitrogen and oxygen atoms in total. The van der Waals surface area contributed by atoms with E-state index in [0.29, 0.717) is 16.5 Å². The second-order valence-corrected chi connectivity index (χ2v) is 3.72. The zero-order valence-electron chi connectivity index (χ0n) is 8.10. The van der Waals surface area contributed by atoms with Crippen LogP contribution in [0.15, 0.2) is 30.3 Å². The molecule has 1 aromatic carbocycles. The molecule has 1 N–H and O–H groups in total. The Morgan fingerprint density at radius 3 is 2.67 bits per heavy atom. The Labute approximate surface area is 91.2 Å². The molecule has 5 heteroatoms.